The molecule has 0 fully saturated rings. The fourth-order valence-corrected chi connectivity index (χ4v) is 8.49. The van der Waals surface area contributed by atoms with E-state index in [1.54, 1.807) is 0 Å². The minimum absolute atomic E-state index is 0.0957. The molecule has 0 saturated heterocycles. The van der Waals surface area contributed by atoms with Crippen LogP contribution in [-0.4, -0.2) is 37.2 Å². The number of unbranched alkanes of at least 4 members (excludes halogenated alkanes) is 33. The molecular formula is C63H112O6. The van der Waals surface area contributed by atoms with Crippen molar-refractivity contribution < 1.29 is 28.6 Å². The molecule has 0 spiro atoms. The number of allylic oxidation sites excluding steroid dienone is 10. The molecule has 0 amide bonds. The fraction of sp³-hybridized carbons (Fsp3) is 0.794. The summed E-state index contributed by atoms with van der Waals surface area (Å²) in [6, 6.07) is 0. The van der Waals surface area contributed by atoms with Crippen LogP contribution in [0, 0.1) is 0 Å². The van der Waals surface area contributed by atoms with E-state index in [1.807, 2.05) is 0 Å². The van der Waals surface area contributed by atoms with Crippen LogP contribution in [0.2, 0.25) is 0 Å². The van der Waals surface area contributed by atoms with E-state index >= 15 is 0 Å². The topological polar surface area (TPSA) is 78.9 Å². The Morgan fingerprint density at radius 3 is 0.899 bits per heavy atom. The van der Waals surface area contributed by atoms with Crippen molar-refractivity contribution >= 4 is 17.9 Å². The Morgan fingerprint density at radius 1 is 0.290 bits per heavy atom. The van der Waals surface area contributed by atoms with Gasteiger partial charge in [0.05, 0.1) is 0 Å². The van der Waals surface area contributed by atoms with E-state index in [-0.39, 0.29) is 37.5 Å². The normalized spacial score (nSPS) is 12.4. The van der Waals surface area contributed by atoms with Crippen LogP contribution in [0.25, 0.3) is 0 Å². The minimum Gasteiger partial charge on any atom is -0.462 e. The Labute approximate surface area is 428 Å². The van der Waals surface area contributed by atoms with Gasteiger partial charge >= 0.3 is 17.9 Å². The summed E-state index contributed by atoms with van der Waals surface area (Å²) in [5, 5.41) is 0. The molecule has 0 unspecified atom stereocenters. The van der Waals surface area contributed by atoms with Crippen LogP contribution < -0.4 is 0 Å². The van der Waals surface area contributed by atoms with Gasteiger partial charge in [-0.2, -0.15) is 0 Å². The molecule has 0 aromatic heterocycles. The standard InChI is InChI=1S/C63H112O6/c1-4-7-10-13-16-19-22-25-28-31-33-35-38-41-44-47-50-53-56-62(65)68-59-60(58-67-61(64)55-52-49-46-43-40-37-34-30-27-24-21-18-15-12-9-6-3)69-63(66)57-54-51-48-45-42-39-36-32-29-26-23-20-17-14-11-8-5-2/h17,20,26,29-30,34,36,39,45,48,60H,4-16,18-19,21-25,27-28,31-33,35,37-38,40-44,46-47,49-59H2,1-3H3/b20-17-,29-26-,34-30-,39-36-,48-45-/t60-/m1/s1. The monoisotopic (exact) mass is 965 g/mol. The van der Waals surface area contributed by atoms with Gasteiger partial charge in [0.1, 0.15) is 13.2 Å². The van der Waals surface area contributed by atoms with E-state index in [0.29, 0.717) is 19.3 Å². The maximum Gasteiger partial charge on any atom is 0.306 e. The predicted octanol–water partition coefficient (Wildman–Crippen LogP) is 20.0. The molecule has 6 heteroatoms. The van der Waals surface area contributed by atoms with Crippen molar-refractivity contribution in [1.82, 2.24) is 0 Å². The second kappa shape index (κ2) is 57.7. The van der Waals surface area contributed by atoms with Crippen molar-refractivity contribution in [3.8, 4) is 0 Å². The molecule has 0 rings (SSSR count). The molecule has 400 valence electrons. The van der Waals surface area contributed by atoms with Gasteiger partial charge < -0.3 is 14.2 Å². The molecule has 0 aromatic carbocycles. The molecule has 0 aliphatic heterocycles. The first-order valence-corrected chi connectivity index (χ1v) is 29.8. The molecule has 0 aliphatic rings. The van der Waals surface area contributed by atoms with Crippen LogP contribution in [0.5, 0.6) is 0 Å². The number of carbonyl (C=O) groups is 3. The van der Waals surface area contributed by atoms with E-state index < -0.39 is 6.10 Å². The second-order valence-electron chi connectivity index (χ2n) is 19.9. The first-order chi connectivity index (χ1) is 34.0. The highest BCUT2D eigenvalue weighted by molar-refractivity contribution is 5.71. The lowest BCUT2D eigenvalue weighted by molar-refractivity contribution is -0.167. The van der Waals surface area contributed by atoms with E-state index in [4.69, 9.17) is 14.2 Å². The molecular weight excluding hydrogens is 853 g/mol. The number of esters is 3. The lowest BCUT2D eigenvalue weighted by atomic mass is 10.0. The molecule has 6 nitrogen and oxygen atoms in total. The highest BCUT2D eigenvalue weighted by atomic mass is 16.6. The number of hydrogen-bond donors (Lipinski definition) is 0. The lowest BCUT2D eigenvalue weighted by Gasteiger charge is -2.18. The van der Waals surface area contributed by atoms with Gasteiger partial charge in [-0.25, -0.2) is 0 Å². The zero-order valence-corrected chi connectivity index (χ0v) is 45.8. The third-order valence-corrected chi connectivity index (χ3v) is 13.0. The molecule has 0 aromatic rings. The minimum atomic E-state index is -0.805. The largest absolute Gasteiger partial charge is 0.462 e. The molecule has 0 aliphatic carbocycles. The third kappa shape index (κ3) is 55.9. The number of hydrogen-bond acceptors (Lipinski definition) is 6. The third-order valence-electron chi connectivity index (χ3n) is 13.0. The molecule has 1 atom stereocenters. The maximum atomic E-state index is 12.8. The van der Waals surface area contributed by atoms with Gasteiger partial charge in [-0.15, -0.1) is 0 Å². The van der Waals surface area contributed by atoms with Crippen molar-refractivity contribution in [3.05, 3.63) is 60.8 Å². The van der Waals surface area contributed by atoms with Crippen molar-refractivity contribution in [1.29, 1.82) is 0 Å². The quantitative estimate of drug-likeness (QED) is 0.0262. The molecule has 0 heterocycles. The molecule has 0 bridgehead atoms. The lowest BCUT2D eigenvalue weighted by Crippen LogP contribution is -2.30. The molecule has 0 N–H and O–H groups in total. The molecule has 0 saturated carbocycles. The zero-order valence-electron chi connectivity index (χ0n) is 45.8. The number of carbonyl (C=O) groups excluding carboxylic acids is 3. The predicted molar refractivity (Wildman–Crippen MR) is 298 cm³/mol. The van der Waals surface area contributed by atoms with Gasteiger partial charge in [0.25, 0.3) is 0 Å². The summed E-state index contributed by atoms with van der Waals surface area (Å²) in [4.78, 5) is 38.2. The van der Waals surface area contributed by atoms with E-state index in [0.717, 1.165) is 70.6 Å². The van der Waals surface area contributed by atoms with Crippen LogP contribution in [0.4, 0.5) is 0 Å². The first-order valence-electron chi connectivity index (χ1n) is 29.8. The smallest absolute Gasteiger partial charge is 0.306 e. The number of ether oxygens (including phenoxy) is 3. The van der Waals surface area contributed by atoms with Gasteiger partial charge in [0.2, 0.25) is 0 Å². The van der Waals surface area contributed by atoms with Crippen molar-refractivity contribution in [2.45, 2.75) is 309 Å². The molecule has 0 radical (unpaired) electrons. The van der Waals surface area contributed by atoms with Gasteiger partial charge in [0, 0.05) is 19.3 Å². The van der Waals surface area contributed by atoms with Gasteiger partial charge in [-0.1, -0.05) is 261 Å². The Bertz CT molecular complexity index is 1250. The van der Waals surface area contributed by atoms with E-state index in [2.05, 4.69) is 81.5 Å². The summed E-state index contributed by atoms with van der Waals surface area (Å²) >= 11 is 0. The Hall–Kier alpha value is -2.89. The second-order valence-corrected chi connectivity index (χ2v) is 19.9. The van der Waals surface area contributed by atoms with Crippen LogP contribution in [0.1, 0.15) is 303 Å². The summed E-state index contributed by atoms with van der Waals surface area (Å²) in [5.74, 6) is -0.947. The van der Waals surface area contributed by atoms with Crippen molar-refractivity contribution in [2.75, 3.05) is 13.2 Å². The van der Waals surface area contributed by atoms with Crippen molar-refractivity contribution in [2.24, 2.45) is 0 Å². The highest BCUT2D eigenvalue weighted by Gasteiger charge is 2.19. The highest BCUT2D eigenvalue weighted by Crippen LogP contribution is 2.16. The van der Waals surface area contributed by atoms with Crippen LogP contribution >= 0.6 is 0 Å². The Morgan fingerprint density at radius 2 is 0.536 bits per heavy atom. The van der Waals surface area contributed by atoms with Gasteiger partial charge in [0.15, 0.2) is 6.10 Å². The maximum absolute atomic E-state index is 12.8. The van der Waals surface area contributed by atoms with Crippen LogP contribution in [-0.2, 0) is 28.6 Å². The summed E-state index contributed by atoms with van der Waals surface area (Å²) in [6.45, 7) is 6.59. The van der Waals surface area contributed by atoms with Crippen molar-refractivity contribution in [3.63, 3.8) is 0 Å². The average Bonchev–Trinajstić information content (AvgIpc) is 3.35. The zero-order chi connectivity index (χ0) is 50.0. The summed E-state index contributed by atoms with van der Waals surface area (Å²) in [7, 11) is 0. The molecule has 69 heavy (non-hydrogen) atoms. The van der Waals surface area contributed by atoms with E-state index in [1.165, 1.54) is 186 Å². The first kappa shape index (κ1) is 66.1. The number of rotatable bonds is 54. The van der Waals surface area contributed by atoms with Gasteiger partial charge in [-0.3, -0.25) is 14.4 Å². The summed E-state index contributed by atoms with van der Waals surface area (Å²) in [5.41, 5.74) is 0. The van der Waals surface area contributed by atoms with Crippen LogP contribution in [0.3, 0.4) is 0 Å². The average molecular weight is 966 g/mol. The Balaban J connectivity index is 4.44. The van der Waals surface area contributed by atoms with E-state index in [9.17, 15) is 14.4 Å². The summed E-state index contributed by atoms with van der Waals surface area (Å²) < 4.78 is 16.8. The SMILES string of the molecule is CCCCC/C=C\C/C=C\C/C=C\C/C=C\CCCC(=O)O[C@H](COC(=O)CCCCCCC/C=C\CCCCCCCCC)COC(=O)CCCCCCCCCCCCCCCCCCCC. The fourth-order valence-electron chi connectivity index (χ4n) is 8.49. The summed E-state index contributed by atoms with van der Waals surface area (Å²) in [6.07, 6.45) is 72.2. The van der Waals surface area contributed by atoms with Crippen LogP contribution in [0.15, 0.2) is 60.8 Å². The Kier molecular flexibility index (Phi) is 55.3. The van der Waals surface area contributed by atoms with Gasteiger partial charge in [-0.05, 0) is 83.5 Å².